The van der Waals surface area contributed by atoms with Crippen LogP contribution in [0.3, 0.4) is 0 Å². The van der Waals surface area contributed by atoms with E-state index in [1.807, 2.05) is 30.3 Å². The first kappa shape index (κ1) is 23.2. The molecule has 1 aromatic heterocycles. The summed E-state index contributed by atoms with van der Waals surface area (Å²) in [6.07, 6.45) is 6.84. The highest BCUT2D eigenvalue weighted by Crippen LogP contribution is 2.30. The number of pyridine rings is 1. The number of ether oxygens (including phenoxy) is 1. The summed E-state index contributed by atoms with van der Waals surface area (Å²) in [4.78, 5) is 29.0. The van der Waals surface area contributed by atoms with Crippen LogP contribution in [-0.2, 0) is 11.2 Å². The number of rotatable bonds is 9. The number of nitrogens with one attached hydrogen (secondary N) is 2. The van der Waals surface area contributed by atoms with Gasteiger partial charge < -0.3 is 26.9 Å². The number of carbonyl (C=O) groups is 2. The number of hydrogen-bond donors (Lipinski definition) is 4. The number of methoxy groups -OCH3 is 1. The van der Waals surface area contributed by atoms with Gasteiger partial charge in [0.15, 0.2) is 0 Å². The Hall–Kier alpha value is -4.46. The van der Waals surface area contributed by atoms with Crippen LogP contribution >= 0.6 is 0 Å². The number of anilines is 1. The molecule has 0 aliphatic carbocycles. The summed E-state index contributed by atoms with van der Waals surface area (Å²) in [6.45, 7) is 0. The molecule has 0 saturated heterocycles. The highest BCUT2D eigenvalue weighted by Gasteiger charge is 2.24. The molecule has 2 amide bonds. The Morgan fingerprint density at radius 1 is 1.12 bits per heavy atom. The predicted octanol–water partition coefficient (Wildman–Crippen LogP) is 2.58. The molecule has 0 saturated carbocycles. The van der Waals surface area contributed by atoms with E-state index in [-0.39, 0.29) is 34.7 Å². The standard InChI is InChI=1S/C25H25N5O3/c1-33-23-18(25(32)30-21(24(28)31)15-17-5-3-2-4-6-17)8-10-20(27)22(23)19(26)9-7-16-11-13-29-14-12-16/h2-14,21,26H,15,27H2,1H3,(H2,28,31)(H,30,32)/b9-7+,26-19?. The molecule has 8 heteroatoms. The molecule has 0 aliphatic rings. The normalized spacial score (nSPS) is 11.7. The second-order valence-corrected chi connectivity index (χ2v) is 7.26. The van der Waals surface area contributed by atoms with E-state index in [0.717, 1.165) is 11.1 Å². The van der Waals surface area contributed by atoms with Crippen molar-refractivity contribution >= 4 is 29.3 Å². The van der Waals surface area contributed by atoms with Gasteiger partial charge in [-0.05, 0) is 41.5 Å². The third-order valence-corrected chi connectivity index (χ3v) is 4.99. The average molecular weight is 444 g/mol. The molecule has 3 rings (SSSR count). The monoisotopic (exact) mass is 443 g/mol. The molecule has 1 atom stereocenters. The SMILES string of the molecule is COc1c(C(=O)NC(Cc2ccccc2)C(N)=O)ccc(N)c1C(=N)/C=C/c1ccncc1. The van der Waals surface area contributed by atoms with Gasteiger partial charge in [0.05, 0.1) is 23.9 Å². The first-order valence-corrected chi connectivity index (χ1v) is 10.2. The minimum absolute atomic E-state index is 0.0616. The van der Waals surface area contributed by atoms with Gasteiger partial charge in [-0.3, -0.25) is 14.6 Å². The van der Waals surface area contributed by atoms with Crippen molar-refractivity contribution in [3.8, 4) is 5.75 Å². The Morgan fingerprint density at radius 2 is 1.82 bits per heavy atom. The molecular weight excluding hydrogens is 418 g/mol. The van der Waals surface area contributed by atoms with Crippen molar-refractivity contribution in [1.82, 2.24) is 10.3 Å². The number of amides is 2. The number of nitrogens with zero attached hydrogens (tertiary/aromatic N) is 1. The Morgan fingerprint density at radius 3 is 2.45 bits per heavy atom. The van der Waals surface area contributed by atoms with E-state index in [1.54, 1.807) is 36.7 Å². The second kappa shape index (κ2) is 10.7. The van der Waals surface area contributed by atoms with E-state index < -0.39 is 17.9 Å². The fourth-order valence-corrected chi connectivity index (χ4v) is 3.31. The molecule has 0 spiro atoms. The summed E-state index contributed by atoms with van der Waals surface area (Å²) in [5, 5.41) is 11.2. The highest BCUT2D eigenvalue weighted by molar-refractivity contribution is 6.16. The van der Waals surface area contributed by atoms with Gasteiger partial charge >= 0.3 is 0 Å². The Bertz CT molecular complexity index is 1180. The summed E-state index contributed by atoms with van der Waals surface area (Å²) in [7, 11) is 1.39. The fraction of sp³-hybridized carbons (Fsp3) is 0.120. The zero-order valence-electron chi connectivity index (χ0n) is 18.1. The fourth-order valence-electron chi connectivity index (χ4n) is 3.31. The minimum Gasteiger partial charge on any atom is -0.495 e. The average Bonchev–Trinajstić information content (AvgIpc) is 2.82. The molecule has 1 heterocycles. The third kappa shape index (κ3) is 5.82. The highest BCUT2D eigenvalue weighted by atomic mass is 16.5. The van der Waals surface area contributed by atoms with Crippen LogP contribution in [-0.4, -0.2) is 35.7 Å². The lowest BCUT2D eigenvalue weighted by Crippen LogP contribution is -2.46. The summed E-state index contributed by atoms with van der Waals surface area (Å²) < 4.78 is 5.47. The lowest BCUT2D eigenvalue weighted by Gasteiger charge is -2.19. The maximum atomic E-state index is 13.1. The number of benzene rings is 2. The van der Waals surface area contributed by atoms with Gasteiger partial charge in [0.2, 0.25) is 5.91 Å². The molecule has 6 N–H and O–H groups in total. The van der Waals surface area contributed by atoms with E-state index in [9.17, 15) is 9.59 Å². The molecule has 0 fully saturated rings. The van der Waals surface area contributed by atoms with Crippen LogP contribution in [0.15, 0.2) is 73.1 Å². The second-order valence-electron chi connectivity index (χ2n) is 7.26. The van der Waals surface area contributed by atoms with Gasteiger partial charge in [0, 0.05) is 24.5 Å². The van der Waals surface area contributed by atoms with Crippen LogP contribution in [0, 0.1) is 5.41 Å². The quantitative estimate of drug-likeness (QED) is 0.297. The van der Waals surface area contributed by atoms with Crippen molar-refractivity contribution < 1.29 is 14.3 Å². The van der Waals surface area contributed by atoms with Gasteiger partial charge in [0.1, 0.15) is 11.8 Å². The number of hydrogen-bond acceptors (Lipinski definition) is 6. The van der Waals surface area contributed by atoms with Crippen molar-refractivity contribution in [3.05, 3.63) is 95.3 Å². The van der Waals surface area contributed by atoms with E-state index >= 15 is 0 Å². The van der Waals surface area contributed by atoms with E-state index in [1.165, 1.54) is 19.2 Å². The smallest absolute Gasteiger partial charge is 0.255 e. The summed E-state index contributed by atoms with van der Waals surface area (Å²) in [5.41, 5.74) is 14.1. The lowest BCUT2D eigenvalue weighted by atomic mass is 10.00. The number of carbonyl (C=O) groups excluding carboxylic acids is 2. The zero-order valence-corrected chi connectivity index (χ0v) is 18.1. The van der Waals surface area contributed by atoms with Gasteiger partial charge in [-0.2, -0.15) is 0 Å². The summed E-state index contributed by atoms with van der Waals surface area (Å²) >= 11 is 0. The molecule has 3 aromatic rings. The molecule has 1 unspecified atom stereocenters. The summed E-state index contributed by atoms with van der Waals surface area (Å²) in [6, 6.07) is 14.9. The molecule has 2 aromatic carbocycles. The largest absolute Gasteiger partial charge is 0.495 e. The third-order valence-electron chi connectivity index (χ3n) is 4.99. The van der Waals surface area contributed by atoms with E-state index in [0.29, 0.717) is 0 Å². The minimum atomic E-state index is -0.920. The maximum Gasteiger partial charge on any atom is 0.255 e. The molecule has 168 valence electrons. The number of allylic oxidation sites excluding steroid dienone is 1. The van der Waals surface area contributed by atoms with Crippen LogP contribution in [0.2, 0.25) is 0 Å². The molecule has 8 nitrogen and oxygen atoms in total. The van der Waals surface area contributed by atoms with Gasteiger partial charge in [-0.15, -0.1) is 0 Å². The number of aromatic nitrogens is 1. The van der Waals surface area contributed by atoms with Crippen molar-refractivity contribution in [2.75, 3.05) is 12.8 Å². The van der Waals surface area contributed by atoms with Crippen LogP contribution in [0.25, 0.3) is 6.08 Å². The van der Waals surface area contributed by atoms with Crippen molar-refractivity contribution in [3.63, 3.8) is 0 Å². The molecular formula is C25H25N5O3. The zero-order chi connectivity index (χ0) is 23.8. The van der Waals surface area contributed by atoms with Crippen molar-refractivity contribution in [1.29, 1.82) is 5.41 Å². The van der Waals surface area contributed by atoms with Crippen LogP contribution in [0.4, 0.5) is 5.69 Å². The Labute approximate surface area is 191 Å². The van der Waals surface area contributed by atoms with Crippen LogP contribution in [0.1, 0.15) is 27.0 Å². The molecule has 33 heavy (non-hydrogen) atoms. The van der Waals surface area contributed by atoms with Gasteiger partial charge in [-0.25, -0.2) is 0 Å². The van der Waals surface area contributed by atoms with Crippen LogP contribution < -0.4 is 21.5 Å². The molecule has 0 bridgehead atoms. The van der Waals surface area contributed by atoms with E-state index in [4.69, 9.17) is 21.6 Å². The number of nitrogens with two attached hydrogens (primary N) is 2. The summed E-state index contributed by atoms with van der Waals surface area (Å²) in [5.74, 6) is -1.08. The molecule has 0 radical (unpaired) electrons. The first-order valence-electron chi connectivity index (χ1n) is 10.2. The van der Waals surface area contributed by atoms with E-state index in [2.05, 4.69) is 10.3 Å². The van der Waals surface area contributed by atoms with Gasteiger partial charge in [-0.1, -0.05) is 36.4 Å². The Kier molecular flexibility index (Phi) is 7.54. The first-order chi connectivity index (χ1) is 15.9. The Balaban J connectivity index is 1.88. The lowest BCUT2D eigenvalue weighted by molar-refractivity contribution is -0.119. The number of primary amides is 1. The van der Waals surface area contributed by atoms with Gasteiger partial charge in [0.25, 0.3) is 5.91 Å². The molecule has 0 aliphatic heterocycles. The number of nitrogen functional groups attached to an aromatic ring is 1. The topological polar surface area (TPSA) is 144 Å². The predicted molar refractivity (Wildman–Crippen MR) is 128 cm³/mol. The maximum absolute atomic E-state index is 13.1. The van der Waals surface area contributed by atoms with Crippen molar-refractivity contribution in [2.45, 2.75) is 12.5 Å². The van der Waals surface area contributed by atoms with Crippen LogP contribution in [0.5, 0.6) is 5.75 Å². The van der Waals surface area contributed by atoms with Crippen molar-refractivity contribution in [2.24, 2.45) is 5.73 Å².